The molecule has 7 nitrogen and oxygen atoms in total. The monoisotopic (exact) mass is 453 g/mol. The van der Waals surface area contributed by atoms with Gasteiger partial charge >= 0.3 is 11.9 Å². The molecule has 3 aliphatic rings. The van der Waals surface area contributed by atoms with Crippen LogP contribution in [0.15, 0.2) is 46.8 Å². The molecule has 1 fully saturated rings. The lowest BCUT2D eigenvalue weighted by Crippen LogP contribution is -2.43. The first-order valence-electron chi connectivity index (χ1n) is 11.5. The van der Waals surface area contributed by atoms with Crippen molar-refractivity contribution in [3.8, 4) is 5.75 Å². The smallest absolute Gasteiger partial charge is 0.337 e. The molecule has 3 atom stereocenters. The first-order chi connectivity index (χ1) is 15.8. The minimum atomic E-state index is -0.908. The second kappa shape index (κ2) is 9.41. The van der Waals surface area contributed by atoms with Crippen LogP contribution in [-0.4, -0.2) is 38.0 Å². The van der Waals surface area contributed by atoms with Crippen LogP contribution in [0, 0.1) is 11.8 Å². The molecule has 1 saturated carbocycles. The Morgan fingerprint density at radius 1 is 1.12 bits per heavy atom. The zero-order valence-corrected chi connectivity index (χ0v) is 19.6. The fourth-order valence-corrected chi connectivity index (χ4v) is 5.33. The predicted molar refractivity (Wildman–Crippen MR) is 121 cm³/mol. The summed E-state index contributed by atoms with van der Waals surface area (Å²) in [5.74, 6) is -2.45. The van der Waals surface area contributed by atoms with Gasteiger partial charge in [0.15, 0.2) is 5.78 Å². The lowest BCUT2D eigenvalue weighted by molar-refractivity contribution is -0.151. The Bertz CT molecular complexity index is 1030. The molecule has 176 valence electrons. The van der Waals surface area contributed by atoms with Gasteiger partial charge in [0, 0.05) is 22.9 Å². The fraction of sp³-hybridized carbons (Fsp3) is 0.500. The third-order valence-corrected chi connectivity index (χ3v) is 6.97. The Balaban J connectivity index is 1.82. The molecular formula is C26H31NO6. The number of carbonyl (C=O) groups is 3. The zero-order chi connectivity index (χ0) is 23.7. The molecular weight excluding hydrogens is 422 g/mol. The lowest BCUT2D eigenvalue weighted by atomic mass is 9.69. The highest BCUT2D eigenvalue weighted by Crippen LogP contribution is 2.46. The maximum atomic E-state index is 13.7. The number of nitrogens with one attached hydrogen (secondary N) is 1. The SMILES string of the molecule is COC(=O)[C@H]1C(=O)C2=C(C[C@@H]1C)NC(C)=C(C(=O)OC1CCCC1)[C@H]2c1cccc(OC)c1. The Labute approximate surface area is 194 Å². The third-order valence-electron chi connectivity index (χ3n) is 6.97. The summed E-state index contributed by atoms with van der Waals surface area (Å²) in [5, 5.41) is 3.30. The maximum Gasteiger partial charge on any atom is 0.337 e. The lowest BCUT2D eigenvalue weighted by Gasteiger charge is -2.38. The topological polar surface area (TPSA) is 90.9 Å². The van der Waals surface area contributed by atoms with Crippen LogP contribution < -0.4 is 10.1 Å². The summed E-state index contributed by atoms with van der Waals surface area (Å²) in [6, 6.07) is 7.35. The molecule has 0 saturated heterocycles. The van der Waals surface area contributed by atoms with E-state index in [0.29, 0.717) is 29.0 Å². The van der Waals surface area contributed by atoms with E-state index in [4.69, 9.17) is 14.2 Å². The van der Waals surface area contributed by atoms with E-state index >= 15 is 0 Å². The van der Waals surface area contributed by atoms with Crippen molar-refractivity contribution in [2.24, 2.45) is 11.8 Å². The van der Waals surface area contributed by atoms with E-state index in [1.54, 1.807) is 7.11 Å². The van der Waals surface area contributed by atoms with Crippen LogP contribution in [0.1, 0.15) is 57.4 Å². The Morgan fingerprint density at radius 3 is 2.52 bits per heavy atom. The van der Waals surface area contributed by atoms with Gasteiger partial charge in [-0.1, -0.05) is 19.1 Å². The predicted octanol–water partition coefficient (Wildman–Crippen LogP) is 3.79. The number of allylic oxidation sites excluding steroid dienone is 3. The number of hydrogen-bond donors (Lipinski definition) is 1. The van der Waals surface area contributed by atoms with Gasteiger partial charge in [-0.25, -0.2) is 4.79 Å². The summed E-state index contributed by atoms with van der Waals surface area (Å²) in [7, 11) is 2.86. The summed E-state index contributed by atoms with van der Waals surface area (Å²) >= 11 is 0. The second-order valence-electron chi connectivity index (χ2n) is 9.12. The molecule has 0 aromatic heterocycles. The molecule has 33 heavy (non-hydrogen) atoms. The first-order valence-corrected chi connectivity index (χ1v) is 11.5. The average molecular weight is 454 g/mol. The van der Waals surface area contributed by atoms with Crippen molar-refractivity contribution in [3.05, 3.63) is 52.4 Å². The highest BCUT2D eigenvalue weighted by Gasteiger charge is 2.47. The number of ketones is 1. The number of carbonyl (C=O) groups excluding carboxylic acids is 3. The van der Waals surface area contributed by atoms with E-state index < -0.39 is 23.8 Å². The van der Waals surface area contributed by atoms with Crippen molar-refractivity contribution >= 4 is 17.7 Å². The average Bonchev–Trinajstić information content (AvgIpc) is 3.30. The summed E-state index contributed by atoms with van der Waals surface area (Å²) in [4.78, 5) is 39.7. The molecule has 1 aliphatic heterocycles. The van der Waals surface area contributed by atoms with Gasteiger partial charge in [-0.3, -0.25) is 9.59 Å². The van der Waals surface area contributed by atoms with E-state index in [1.807, 2.05) is 38.1 Å². The number of rotatable bonds is 5. The maximum absolute atomic E-state index is 13.7. The van der Waals surface area contributed by atoms with Gasteiger partial charge in [-0.15, -0.1) is 0 Å². The van der Waals surface area contributed by atoms with E-state index in [2.05, 4.69) is 5.32 Å². The largest absolute Gasteiger partial charge is 0.497 e. The Hall–Kier alpha value is -3.09. The van der Waals surface area contributed by atoms with Crippen molar-refractivity contribution in [1.29, 1.82) is 0 Å². The molecule has 1 aromatic rings. The van der Waals surface area contributed by atoms with Crippen molar-refractivity contribution in [2.45, 2.75) is 58.0 Å². The molecule has 1 aromatic carbocycles. The van der Waals surface area contributed by atoms with Gasteiger partial charge in [0.25, 0.3) is 0 Å². The highest BCUT2D eigenvalue weighted by molar-refractivity contribution is 6.12. The minimum Gasteiger partial charge on any atom is -0.497 e. The Morgan fingerprint density at radius 2 is 1.85 bits per heavy atom. The van der Waals surface area contributed by atoms with Crippen LogP contribution in [0.2, 0.25) is 0 Å². The van der Waals surface area contributed by atoms with Crippen molar-refractivity contribution in [1.82, 2.24) is 5.32 Å². The van der Waals surface area contributed by atoms with Gasteiger partial charge in [0.1, 0.15) is 17.8 Å². The van der Waals surface area contributed by atoms with Crippen LogP contribution in [0.25, 0.3) is 0 Å². The molecule has 0 unspecified atom stereocenters. The summed E-state index contributed by atoms with van der Waals surface area (Å²) in [6.07, 6.45) is 4.18. The van der Waals surface area contributed by atoms with Crippen molar-refractivity contribution in [2.75, 3.05) is 14.2 Å². The van der Waals surface area contributed by atoms with Crippen molar-refractivity contribution < 1.29 is 28.6 Å². The van der Waals surface area contributed by atoms with Crippen LogP contribution >= 0.6 is 0 Å². The number of methoxy groups -OCH3 is 2. The van der Waals surface area contributed by atoms with E-state index in [9.17, 15) is 14.4 Å². The highest BCUT2D eigenvalue weighted by atomic mass is 16.5. The van der Waals surface area contributed by atoms with Crippen molar-refractivity contribution in [3.63, 3.8) is 0 Å². The fourth-order valence-electron chi connectivity index (χ4n) is 5.33. The molecule has 0 spiro atoms. The van der Waals surface area contributed by atoms with Gasteiger partial charge < -0.3 is 19.5 Å². The summed E-state index contributed by atoms with van der Waals surface area (Å²) in [6.45, 7) is 3.71. The van der Waals surface area contributed by atoms with Crippen LogP contribution in [-0.2, 0) is 23.9 Å². The van der Waals surface area contributed by atoms with Gasteiger partial charge in [-0.2, -0.15) is 0 Å². The van der Waals surface area contributed by atoms with E-state index in [0.717, 1.165) is 36.9 Å². The Kier molecular flexibility index (Phi) is 6.58. The number of ether oxygens (including phenoxy) is 3. The standard InChI is InChI=1S/C26H31NO6/c1-14-12-19-23(24(28)20(14)25(29)32-4)22(16-8-7-11-18(13-16)31-3)21(15(2)27-19)26(30)33-17-9-5-6-10-17/h7-8,11,13-14,17,20,22,27H,5-6,9-10,12H2,1-4H3/t14-,20+,22+/m0/s1. The molecule has 7 heteroatoms. The third kappa shape index (κ3) is 4.28. The summed E-state index contributed by atoms with van der Waals surface area (Å²) < 4.78 is 16.2. The molecule has 0 radical (unpaired) electrons. The normalized spacial score (nSPS) is 25.5. The van der Waals surface area contributed by atoms with E-state index in [1.165, 1.54) is 7.11 Å². The van der Waals surface area contributed by atoms with Gasteiger partial charge in [0.05, 0.1) is 19.8 Å². The number of hydrogen-bond acceptors (Lipinski definition) is 7. The molecule has 4 rings (SSSR count). The molecule has 0 amide bonds. The zero-order valence-electron chi connectivity index (χ0n) is 19.6. The number of benzene rings is 1. The van der Waals surface area contributed by atoms with Gasteiger partial charge in [0.2, 0.25) is 0 Å². The first kappa shape index (κ1) is 23.1. The molecule has 1 heterocycles. The minimum absolute atomic E-state index is 0.107. The van der Waals surface area contributed by atoms with Crippen LogP contribution in [0.5, 0.6) is 5.75 Å². The second-order valence-corrected chi connectivity index (χ2v) is 9.12. The molecule has 2 aliphatic carbocycles. The number of Topliss-reactive ketones (excluding diaryl/α,β-unsaturated/α-hetero) is 1. The number of esters is 2. The van der Waals surface area contributed by atoms with E-state index in [-0.39, 0.29) is 17.8 Å². The van der Waals surface area contributed by atoms with Crippen LogP contribution in [0.4, 0.5) is 0 Å². The summed E-state index contributed by atoms with van der Waals surface area (Å²) in [5.41, 5.74) is 2.99. The molecule has 1 N–H and O–H groups in total. The molecule has 0 bridgehead atoms. The quantitative estimate of drug-likeness (QED) is 0.536. The number of dihydropyridines is 1. The van der Waals surface area contributed by atoms with Crippen LogP contribution in [0.3, 0.4) is 0 Å². The van der Waals surface area contributed by atoms with Gasteiger partial charge in [-0.05, 0) is 62.6 Å².